The van der Waals surface area contributed by atoms with Gasteiger partial charge in [0.25, 0.3) is 0 Å². The molecule has 2 atom stereocenters. The molecular formula is C10H17NO7S. The van der Waals surface area contributed by atoms with Gasteiger partial charge in [-0.15, -0.1) is 0 Å². The van der Waals surface area contributed by atoms with Crippen molar-refractivity contribution in [1.82, 2.24) is 4.31 Å². The molecular weight excluding hydrogens is 278 g/mol. The van der Waals surface area contributed by atoms with E-state index in [1.807, 2.05) is 0 Å². The molecule has 0 aromatic heterocycles. The van der Waals surface area contributed by atoms with Crippen LogP contribution in [0.2, 0.25) is 0 Å². The van der Waals surface area contributed by atoms with Gasteiger partial charge in [0.05, 0.1) is 25.4 Å². The Morgan fingerprint density at radius 3 is 2.47 bits per heavy atom. The average Bonchev–Trinajstić information content (AvgIpc) is 2.81. The number of hydrogen-bond acceptors (Lipinski definition) is 6. The molecule has 2 unspecified atom stereocenters. The molecule has 1 rings (SSSR count). The van der Waals surface area contributed by atoms with Crippen molar-refractivity contribution in [1.29, 1.82) is 0 Å². The summed E-state index contributed by atoms with van der Waals surface area (Å²) in [6, 6.07) is -1.15. The first-order chi connectivity index (χ1) is 8.81. The van der Waals surface area contributed by atoms with E-state index in [0.29, 0.717) is 0 Å². The normalized spacial score (nSPS) is 24.3. The van der Waals surface area contributed by atoms with Gasteiger partial charge in [0.1, 0.15) is 6.04 Å². The first-order valence-corrected chi connectivity index (χ1v) is 7.24. The molecule has 1 aliphatic heterocycles. The van der Waals surface area contributed by atoms with Crippen molar-refractivity contribution in [2.75, 3.05) is 26.5 Å². The van der Waals surface area contributed by atoms with Crippen molar-refractivity contribution in [3.63, 3.8) is 0 Å². The van der Waals surface area contributed by atoms with Gasteiger partial charge in [-0.2, -0.15) is 4.31 Å². The molecule has 0 bridgehead atoms. The summed E-state index contributed by atoms with van der Waals surface area (Å²) in [6.45, 7) is -0.0169. The monoisotopic (exact) mass is 295 g/mol. The highest BCUT2D eigenvalue weighted by Crippen LogP contribution is 2.24. The number of nitrogens with zero attached hydrogens (tertiary/aromatic N) is 1. The number of carbonyl (C=O) groups is 2. The zero-order valence-electron chi connectivity index (χ0n) is 10.7. The molecule has 0 amide bonds. The smallest absolute Gasteiger partial charge is 0.322 e. The predicted octanol–water partition coefficient (Wildman–Crippen LogP) is -0.947. The van der Waals surface area contributed by atoms with Gasteiger partial charge in [-0.25, -0.2) is 8.42 Å². The van der Waals surface area contributed by atoms with E-state index in [9.17, 15) is 18.0 Å². The second kappa shape index (κ2) is 6.31. The highest BCUT2D eigenvalue weighted by Gasteiger charge is 2.43. The molecule has 0 aromatic rings. The molecule has 0 aromatic carbocycles. The van der Waals surface area contributed by atoms with E-state index < -0.39 is 39.9 Å². The maximum Gasteiger partial charge on any atom is 0.322 e. The number of carboxylic acid groups (broad SMARTS) is 1. The van der Waals surface area contributed by atoms with E-state index in [0.717, 1.165) is 11.4 Å². The molecule has 9 heteroatoms. The molecule has 1 fully saturated rings. The highest BCUT2D eigenvalue weighted by atomic mass is 32.2. The van der Waals surface area contributed by atoms with Gasteiger partial charge in [-0.3, -0.25) is 9.59 Å². The maximum atomic E-state index is 12.0. The Morgan fingerprint density at radius 2 is 2.00 bits per heavy atom. The van der Waals surface area contributed by atoms with E-state index in [1.165, 1.54) is 7.11 Å². The minimum Gasteiger partial charge on any atom is -0.480 e. The zero-order chi connectivity index (χ0) is 14.6. The summed E-state index contributed by atoms with van der Waals surface area (Å²) in [5, 5.41) is 9.03. The van der Waals surface area contributed by atoms with Crippen molar-refractivity contribution in [3.8, 4) is 0 Å². The van der Waals surface area contributed by atoms with Gasteiger partial charge in [-0.05, 0) is 0 Å². The lowest BCUT2D eigenvalue weighted by Crippen LogP contribution is -2.42. The number of carbonyl (C=O) groups excluding carboxylic acids is 1. The number of hydrogen-bond donors (Lipinski definition) is 1. The minimum absolute atomic E-state index is 0.0169. The van der Waals surface area contributed by atoms with Crippen LogP contribution in [0.5, 0.6) is 0 Å². The van der Waals surface area contributed by atoms with Crippen LogP contribution in [0, 0.1) is 0 Å². The SMILES string of the molecule is COC(=O)CCS(=O)(=O)N1CC(OC)CC1C(=O)O. The predicted molar refractivity (Wildman–Crippen MR) is 64.0 cm³/mol. The van der Waals surface area contributed by atoms with Crippen molar-refractivity contribution in [2.45, 2.75) is 25.0 Å². The third-order valence-corrected chi connectivity index (χ3v) is 4.82. The van der Waals surface area contributed by atoms with Gasteiger partial charge in [0, 0.05) is 20.1 Å². The van der Waals surface area contributed by atoms with Crippen LogP contribution in [0.25, 0.3) is 0 Å². The summed E-state index contributed by atoms with van der Waals surface area (Å²) >= 11 is 0. The molecule has 19 heavy (non-hydrogen) atoms. The van der Waals surface area contributed by atoms with Gasteiger partial charge < -0.3 is 14.6 Å². The Morgan fingerprint density at radius 1 is 1.37 bits per heavy atom. The molecule has 1 heterocycles. The van der Waals surface area contributed by atoms with Crippen LogP contribution in [-0.4, -0.2) is 68.4 Å². The molecule has 0 radical (unpaired) electrons. The number of aliphatic carboxylic acids is 1. The van der Waals surface area contributed by atoms with Gasteiger partial charge in [-0.1, -0.05) is 0 Å². The standard InChI is InChI=1S/C10H17NO7S/c1-17-7-5-8(10(13)14)11(6-7)19(15,16)4-3-9(12)18-2/h7-8H,3-6H2,1-2H3,(H,13,14). The summed E-state index contributed by atoms with van der Waals surface area (Å²) in [4.78, 5) is 22.0. The summed E-state index contributed by atoms with van der Waals surface area (Å²) in [5.41, 5.74) is 0. The van der Waals surface area contributed by atoms with Crippen LogP contribution >= 0.6 is 0 Å². The second-order valence-electron chi connectivity index (χ2n) is 4.16. The van der Waals surface area contributed by atoms with Crippen LogP contribution in [0.3, 0.4) is 0 Å². The fourth-order valence-electron chi connectivity index (χ4n) is 1.90. The molecule has 1 N–H and O–H groups in total. The molecule has 8 nitrogen and oxygen atoms in total. The van der Waals surface area contributed by atoms with Crippen molar-refractivity contribution >= 4 is 22.0 Å². The summed E-state index contributed by atoms with van der Waals surface area (Å²) in [6.07, 6.45) is -0.656. The van der Waals surface area contributed by atoms with E-state index >= 15 is 0 Å². The first-order valence-electron chi connectivity index (χ1n) is 5.63. The largest absolute Gasteiger partial charge is 0.480 e. The number of carboxylic acids is 1. The number of esters is 1. The topological polar surface area (TPSA) is 110 Å². The number of ether oxygens (including phenoxy) is 2. The molecule has 0 saturated carbocycles. The van der Waals surface area contributed by atoms with E-state index in [4.69, 9.17) is 9.84 Å². The van der Waals surface area contributed by atoms with Crippen LogP contribution in [0.4, 0.5) is 0 Å². The minimum atomic E-state index is -3.83. The lowest BCUT2D eigenvalue weighted by molar-refractivity contribution is -0.141. The Hall–Kier alpha value is -1.19. The van der Waals surface area contributed by atoms with Crippen LogP contribution < -0.4 is 0 Å². The van der Waals surface area contributed by atoms with Crippen molar-refractivity contribution < 1.29 is 32.6 Å². The van der Waals surface area contributed by atoms with Gasteiger partial charge in [0.2, 0.25) is 10.0 Å². The quantitative estimate of drug-likeness (QED) is 0.629. The number of sulfonamides is 1. The summed E-state index contributed by atoms with van der Waals surface area (Å²) < 4.78 is 34.3. The van der Waals surface area contributed by atoms with Crippen molar-refractivity contribution in [2.24, 2.45) is 0 Å². The van der Waals surface area contributed by atoms with Crippen LogP contribution in [0.1, 0.15) is 12.8 Å². The molecule has 1 aliphatic rings. The number of methoxy groups -OCH3 is 2. The Kier molecular flexibility index (Phi) is 5.27. The highest BCUT2D eigenvalue weighted by molar-refractivity contribution is 7.89. The Bertz CT molecular complexity index is 447. The third-order valence-electron chi connectivity index (χ3n) is 2.98. The Labute approximate surface area is 111 Å². The number of rotatable bonds is 6. The Balaban J connectivity index is 2.80. The molecule has 0 spiro atoms. The summed E-state index contributed by atoms with van der Waals surface area (Å²) in [5.74, 6) is -2.35. The average molecular weight is 295 g/mol. The first kappa shape index (κ1) is 15.9. The van der Waals surface area contributed by atoms with E-state index in [-0.39, 0.29) is 19.4 Å². The fraction of sp³-hybridized carbons (Fsp3) is 0.800. The zero-order valence-corrected chi connectivity index (χ0v) is 11.6. The molecule has 1 saturated heterocycles. The van der Waals surface area contributed by atoms with E-state index in [2.05, 4.69) is 4.74 Å². The van der Waals surface area contributed by atoms with Crippen molar-refractivity contribution in [3.05, 3.63) is 0 Å². The maximum absolute atomic E-state index is 12.0. The van der Waals surface area contributed by atoms with Crippen LogP contribution in [0.15, 0.2) is 0 Å². The lowest BCUT2D eigenvalue weighted by Gasteiger charge is -2.20. The van der Waals surface area contributed by atoms with Gasteiger partial charge in [0.15, 0.2) is 0 Å². The van der Waals surface area contributed by atoms with Crippen LogP contribution in [-0.2, 0) is 29.1 Å². The molecule has 110 valence electrons. The lowest BCUT2D eigenvalue weighted by atomic mass is 10.2. The van der Waals surface area contributed by atoms with E-state index in [1.54, 1.807) is 0 Å². The fourth-order valence-corrected chi connectivity index (χ4v) is 3.52. The second-order valence-corrected chi connectivity index (χ2v) is 6.20. The summed E-state index contributed by atoms with van der Waals surface area (Å²) in [7, 11) is -1.28. The third kappa shape index (κ3) is 3.88. The molecule has 0 aliphatic carbocycles. The van der Waals surface area contributed by atoms with Gasteiger partial charge >= 0.3 is 11.9 Å².